The number of amidine groups is 1. The molecule has 0 aromatic heterocycles. The van der Waals surface area contributed by atoms with Crippen LogP contribution in [0, 0.1) is 0 Å². The van der Waals surface area contributed by atoms with E-state index in [1.807, 2.05) is 65.7 Å². The second-order valence-electron chi connectivity index (χ2n) is 6.08. The average molecular weight is 400 g/mol. The van der Waals surface area contributed by atoms with Crippen LogP contribution in [0.25, 0.3) is 6.08 Å². The fraction of sp³-hybridized carbons (Fsp3) is 0.200. The fourth-order valence-corrected chi connectivity index (χ4v) is 3.99. The van der Waals surface area contributed by atoms with Gasteiger partial charge >= 0.3 is 0 Å². The summed E-state index contributed by atoms with van der Waals surface area (Å²) in [6.07, 6.45) is 1.88. The Labute approximate surface area is 167 Å². The number of para-hydroxylation sites is 1. The van der Waals surface area contributed by atoms with Crippen molar-refractivity contribution in [1.29, 1.82) is 0 Å². The van der Waals surface area contributed by atoms with Crippen LogP contribution in [0.2, 0.25) is 5.02 Å². The van der Waals surface area contributed by atoms with Gasteiger partial charge in [0.25, 0.3) is 5.91 Å². The van der Waals surface area contributed by atoms with E-state index in [4.69, 9.17) is 21.3 Å². The van der Waals surface area contributed by atoms with Gasteiger partial charge in [-0.05, 0) is 47.7 Å². The standard InChI is InChI=1S/C20H18ClN3O2S/c21-16-8-6-15(7-9-16)14-18-19(25)24(23-10-12-26-13-11-23)20(27-18)22-17-4-2-1-3-5-17/h1-9,14H,10-13H2. The normalized spacial score (nSPS) is 21.4. The van der Waals surface area contributed by atoms with Crippen molar-refractivity contribution in [1.82, 2.24) is 10.0 Å². The van der Waals surface area contributed by atoms with E-state index in [2.05, 4.69) is 0 Å². The minimum absolute atomic E-state index is 0.0634. The number of ether oxygens (including phenoxy) is 1. The molecule has 0 spiro atoms. The zero-order chi connectivity index (χ0) is 18.6. The van der Waals surface area contributed by atoms with E-state index < -0.39 is 0 Å². The van der Waals surface area contributed by atoms with Gasteiger partial charge in [-0.3, -0.25) is 4.79 Å². The van der Waals surface area contributed by atoms with E-state index in [1.54, 1.807) is 5.01 Å². The van der Waals surface area contributed by atoms with Gasteiger partial charge in [-0.25, -0.2) is 15.0 Å². The zero-order valence-corrected chi connectivity index (χ0v) is 16.1. The quantitative estimate of drug-likeness (QED) is 0.726. The number of benzene rings is 2. The number of halogens is 1. The Morgan fingerprint density at radius 2 is 1.74 bits per heavy atom. The van der Waals surface area contributed by atoms with E-state index in [0.717, 1.165) is 11.3 Å². The molecule has 0 N–H and O–H groups in total. The minimum atomic E-state index is -0.0634. The van der Waals surface area contributed by atoms with Crippen molar-refractivity contribution in [3.63, 3.8) is 0 Å². The third-order valence-electron chi connectivity index (χ3n) is 4.20. The van der Waals surface area contributed by atoms with Crippen LogP contribution in [0.15, 0.2) is 64.5 Å². The number of nitrogens with zero attached hydrogens (tertiary/aromatic N) is 3. The van der Waals surface area contributed by atoms with Crippen molar-refractivity contribution < 1.29 is 9.53 Å². The Balaban J connectivity index is 1.68. The highest BCUT2D eigenvalue weighted by molar-refractivity contribution is 8.18. The van der Waals surface area contributed by atoms with Crippen LogP contribution in [-0.2, 0) is 9.53 Å². The molecule has 0 aliphatic carbocycles. The van der Waals surface area contributed by atoms with Crippen molar-refractivity contribution in [3.05, 3.63) is 70.1 Å². The first-order valence-corrected chi connectivity index (χ1v) is 9.86. The highest BCUT2D eigenvalue weighted by Crippen LogP contribution is 2.35. The van der Waals surface area contributed by atoms with E-state index >= 15 is 0 Å². The number of hydrazine groups is 1. The molecule has 4 rings (SSSR count). The molecular weight excluding hydrogens is 382 g/mol. The third-order valence-corrected chi connectivity index (χ3v) is 5.42. The number of aliphatic imine (C=N–C) groups is 1. The molecule has 2 aromatic rings. The molecule has 0 atom stereocenters. The van der Waals surface area contributed by atoms with E-state index in [0.29, 0.717) is 41.4 Å². The van der Waals surface area contributed by atoms with Crippen molar-refractivity contribution in [2.24, 2.45) is 4.99 Å². The predicted molar refractivity (Wildman–Crippen MR) is 110 cm³/mol. The van der Waals surface area contributed by atoms with Crippen LogP contribution >= 0.6 is 23.4 Å². The van der Waals surface area contributed by atoms with Crippen LogP contribution in [0.4, 0.5) is 5.69 Å². The number of carbonyl (C=O) groups excluding carboxylic acids is 1. The number of thioether (sulfide) groups is 1. The van der Waals surface area contributed by atoms with E-state index in [1.165, 1.54) is 11.8 Å². The molecule has 0 radical (unpaired) electrons. The summed E-state index contributed by atoms with van der Waals surface area (Å²) in [6.45, 7) is 2.52. The van der Waals surface area contributed by atoms with Crippen LogP contribution < -0.4 is 0 Å². The lowest BCUT2D eigenvalue weighted by Gasteiger charge is -2.33. The summed E-state index contributed by atoms with van der Waals surface area (Å²) < 4.78 is 5.43. The molecule has 2 heterocycles. The third kappa shape index (κ3) is 4.25. The summed E-state index contributed by atoms with van der Waals surface area (Å²) in [6, 6.07) is 17.1. The number of hydrogen-bond acceptors (Lipinski definition) is 5. The topological polar surface area (TPSA) is 45.1 Å². The summed E-state index contributed by atoms with van der Waals surface area (Å²) in [5.41, 5.74) is 1.75. The highest BCUT2D eigenvalue weighted by Gasteiger charge is 2.38. The van der Waals surface area contributed by atoms with Crippen LogP contribution in [0.1, 0.15) is 5.56 Å². The molecule has 5 nitrogen and oxygen atoms in total. The van der Waals surface area contributed by atoms with Gasteiger partial charge in [0, 0.05) is 18.1 Å². The summed E-state index contributed by atoms with van der Waals surface area (Å²) >= 11 is 7.34. The second-order valence-corrected chi connectivity index (χ2v) is 7.52. The molecule has 27 heavy (non-hydrogen) atoms. The number of rotatable bonds is 3. The molecule has 2 aromatic carbocycles. The maximum absolute atomic E-state index is 13.1. The van der Waals surface area contributed by atoms with E-state index in [9.17, 15) is 4.79 Å². The summed E-state index contributed by atoms with van der Waals surface area (Å²) in [4.78, 5) is 18.5. The Hall–Kier alpha value is -2.12. The Bertz CT molecular complexity index is 878. The van der Waals surface area contributed by atoms with Gasteiger partial charge in [-0.1, -0.05) is 41.9 Å². The number of amides is 1. The van der Waals surface area contributed by atoms with Gasteiger partial charge in [-0.2, -0.15) is 0 Å². The molecule has 7 heteroatoms. The average Bonchev–Trinajstić information content (AvgIpc) is 3.00. The van der Waals surface area contributed by atoms with Crippen molar-refractivity contribution in [2.75, 3.05) is 26.3 Å². The first-order chi connectivity index (χ1) is 13.2. The minimum Gasteiger partial charge on any atom is -0.379 e. The van der Waals surface area contributed by atoms with Crippen molar-refractivity contribution in [3.8, 4) is 0 Å². The Morgan fingerprint density at radius 3 is 2.44 bits per heavy atom. The monoisotopic (exact) mass is 399 g/mol. The molecule has 138 valence electrons. The first-order valence-electron chi connectivity index (χ1n) is 8.66. The molecule has 0 saturated carbocycles. The molecule has 2 fully saturated rings. The molecule has 1 amide bonds. The SMILES string of the molecule is O=C1C(=Cc2ccc(Cl)cc2)SC(=Nc2ccccc2)N1N1CCOCC1. The molecule has 0 unspecified atom stereocenters. The maximum Gasteiger partial charge on any atom is 0.281 e. The zero-order valence-electron chi connectivity index (χ0n) is 14.5. The van der Waals surface area contributed by atoms with Gasteiger partial charge in [0.2, 0.25) is 0 Å². The van der Waals surface area contributed by atoms with Crippen LogP contribution in [0.3, 0.4) is 0 Å². The lowest BCUT2D eigenvalue weighted by molar-refractivity contribution is -0.138. The summed E-state index contributed by atoms with van der Waals surface area (Å²) in [5, 5.41) is 5.02. The lowest BCUT2D eigenvalue weighted by atomic mass is 10.2. The lowest BCUT2D eigenvalue weighted by Crippen LogP contribution is -2.51. The molecule has 2 aliphatic heterocycles. The summed E-state index contributed by atoms with van der Waals surface area (Å²) in [5.74, 6) is -0.0634. The summed E-state index contributed by atoms with van der Waals surface area (Å²) in [7, 11) is 0. The molecular formula is C20H18ClN3O2S. The molecule has 0 bridgehead atoms. The van der Waals surface area contributed by atoms with Crippen LogP contribution in [0.5, 0.6) is 0 Å². The smallest absolute Gasteiger partial charge is 0.281 e. The van der Waals surface area contributed by atoms with Gasteiger partial charge in [0.1, 0.15) is 0 Å². The maximum atomic E-state index is 13.1. The molecule has 2 aliphatic rings. The number of morpholine rings is 1. The Kier molecular flexibility index (Phi) is 5.59. The first kappa shape index (κ1) is 18.3. The predicted octanol–water partition coefficient (Wildman–Crippen LogP) is 4.19. The Morgan fingerprint density at radius 1 is 1.04 bits per heavy atom. The molecule has 2 saturated heterocycles. The van der Waals surface area contributed by atoms with Gasteiger partial charge in [0.05, 0.1) is 23.8 Å². The highest BCUT2D eigenvalue weighted by atomic mass is 35.5. The van der Waals surface area contributed by atoms with Crippen LogP contribution in [-0.4, -0.2) is 47.4 Å². The fourth-order valence-electron chi connectivity index (χ4n) is 2.86. The van der Waals surface area contributed by atoms with Crippen molar-refractivity contribution >= 4 is 46.2 Å². The van der Waals surface area contributed by atoms with Gasteiger partial charge in [0.15, 0.2) is 5.17 Å². The largest absolute Gasteiger partial charge is 0.379 e. The van der Waals surface area contributed by atoms with E-state index in [-0.39, 0.29) is 5.91 Å². The van der Waals surface area contributed by atoms with Gasteiger partial charge in [-0.15, -0.1) is 0 Å². The number of hydrogen-bond donors (Lipinski definition) is 0. The number of carbonyl (C=O) groups is 1. The second kappa shape index (κ2) is 8.27. The van der Waals surface area contributed by atoms with Crippen molar-refractivity contribution in [2.45, 2.75) is 0 Å². The van der Waals surface area contributed by atoms with Gasteiger partial charge < -0.3 is 4.74 Å².